The molecule has 0 aliphatic heterocycles. The van der Waals surface area contributed by atoms with E-state index in [9.17, 15) is 8.42 Å². The quantitative estimate of drug-likeness (QED) is 0.891. The SMILES string of the molecule is CCc1cnc(CNS(=O)(=O)c2ccc(Br)cc2)s1. The summed E-state index contributed by atoms with van der Waals surface area (Å²) in [6.45, 7) is 2.27. The second-order valence-electron chi connectivity index (χ2n) is 3.85. The van der Waals surface area contributed by atoms with E-state index in [4.69, 9.17) is 0 Å². The molecule has 0 atom stereocenters. The van der Waals surface area contributed by atoms with E-state index in [0.717, 1.165) is 20.8 Å². The summed E-state index contributed by atoms with van der Waals surface area (Å²) >= 11 is 4.80. The number of halogens is 1. The molecular weight excluding hydrogens is 348 g/mol. The minimum Gasteiger partial charge on any atom is -0.248 e. The van der Waals surface area contributed by atoms with Gasteiger partial charge in [-0.15, -0.1) is 11.3 Å². The summed E-state index contributed by atoms with van der Waals surface area (Å²) in [5.41, 5.74) is 0. The highest BCUT2D eigenvalue weighted by Gasteiger charge is 2.14. The van der Waals surface area contributed by atoms with E-state index in [1.54, 1.807) is 30.5 Å². The number of aromatic nitrogens is 1. The molecule has 1 heterocycles. The van der Waals surface area contributed by atoms with Crippen molar-refractivity contribution in [2.24, 2.45) is 0 Å². The molecule has 0 saturated heterocycles. The zero-order valence-corrected chi connectivity index (χ0v) is 13.5. The Bertz CT molecular complexity index is 651. The Morgan fingerprint density at radius 2 is 2.00 bits per heavy atom. The van der Waals surface area contributed by atoms with E-state index < -0.39 is 10.0 Å². The molecule has 0 bridgehead atoms. The fraction of sp³-hybridized carbons (Fsp3) is 0.250. The van der Waals surface area contributed by atoms with Gasteiger partial charge in [-0.1, -0.05) is 22.9 Å². The number of benzene rings is 1. The number of sulfonamides is 1. The van der Waals surface area contributed by atoms with E-state index in [1.807, 2.05) is 6.92 Å². The van der Waals surface area contributed by atoms with Crippen molar-refractivity contribution in [2.75, 3.05) is 0 Å². The van der Waals surface area contributed by atoms with Crippen molar-refractivity contribution < 1.29 is 8.42 Å². The lowest BCUT2D eigenvalue weighted by Crippen LogP contribution is -2.23. The topological polar surface area (TPSA) is 59.1 Å². The summed E-state index contributed by atoms with van der Waals surface area (Å²) in [4.78, 5) is 5.59. The largest absolute Gasteiger partial charge is 0.248 e. The molecule has 0 radical (unpaired) electrons. The highest BCUT2D eigenvalue weighted by Crippen LogP contribution is 2.16. The van der Waals surface area contributed by atoms with Crippen molar-refractivity contribution in [3.05, 3.63) is 44.8 Å². The van der Waals surface area contributed by atoms with Crippen molar-refractivity contribution in [3.63, 3.8) is 0 Å². The Morgan fingerprint density at radius 3 is 2.58 bits per heavy atom. The third-order valence-corrected chi connectivity index (χ3v) is 5.57. The van der Waals surface area contributed by atoms with Gasteiger partial charge in [0.1, 0.15) is 5.01 Å². The molecule has 0 spiro atoms. The molecule has 102 valence electrons. The molecule has 0 unspecified atom stereocenters. The first-order valence-corrected chi connectivity index (χ1v) is 8.79. The highest BCUT2D eigenvalue weighted by atomic mass is 79.9. The van der Waals surface area contributed by atoms with Crippen molar-refractivity contribution in [1.29, 1.82) is 0 Å². The Morgan fingerprint density at radius 1 is 1.32 bits per heavy atom. The van der Waals surface area contributed by atoms with Crippen LogP contribution < -0.4 is 4.72 Å². The van der Waals surface area contributed by atoms with Crippen molar-refractivity contribution in [1.82, 2.24) is 9.71 Å². The second-order valence-corrected chi connectivity index (χ2v) is 7.73. The third kappa shape index (κ3) is 3.85. The molecular formula is C12H13BrN2O2S2. The van der Waals surface area contributed by atoms with E-state index in [1.165, 1.54) is 11.3 Å². The van der Waals surface area contributed by atoms with E-state index in [-0.39, 0.29) is 11.4 Å². The molecule has 1 aromatic carbocycles. The minimum atomic E-state index is -3.48. The molecule has 19 heavy (non-hydrogen) atoms. The minimum absolute atomic E-state index is 0.225. The molecule has 2 rings (SSSR count). The Labute approximate surface area is 125 Å². The maximum Gasteiger partial charge on any atom is 0.240 e. The van der Waals surface area contributed by atoms with Crippen LogP contribution in [0.15, 0.2) is 39.8 Å². The summed E-state index contributed by atoms with van der Waals surface area (Å²) < 4.78 is 27.5. The summed E-state index contributed by atoms with van der Waals surface area (Å²) in [5, 5.41) is 0.775. The predicted molar refractivity (Wildman–Crippen MR) is 79.7 cm³/mol. The van der Waals surface area contributed by atoms with Gasteiger partial charge in [-0.25, -0.2) is 18.1 Å². The number of nitrogens with zero attached hydrogens (tertiary/aromatic N) is 1. The van der Waals surface area contributed by atoms with E-state index in [2.05, 4.69) is 25.6 Å². The number of rotatable bonds is 5. The van der Waals surface area contributed by atoms with E-state index in [0.29, 0.717) is 0 Å². The number of hydrogen-bond donors (Lipinski definition) is 1. The lowest BCUT2D eigenvalue weighted by atomic mass is 10.4. The lowest BCUT2D eigenvalue weighted by Gasteiger charge is -2.05. The van der Waals surface area contributed by atoms with Crippen molar-refractivity contribution >= 4 is 37.3 Å². The molecule has 2 aromatic rings. The maximum absolute atomic E-state index is 12.0. The van der Waals surface area contributed by atoms with Crippen LogP contribution in [0.3, 0.4) is 0 Å². The van der Waals surface area contributed by atoms with Crippen LogP contribution in [0.25, 0.3) is 0 Å². The summed E-state index contributed by atoms with van der Waals surface area (Å²) in [6, 6.07) is 6.53. The fourth-order valence-corrected chi connectivity index (χ4v) is 3.59. The lowest BCUT2D eigenvalue weighted by molar-refractivity contribution is 0.581. The van der Waals surface area contributed by atoms with Gasteiger partial charge in [0, 0.05) is 15.5 Å². The average Bonchev–Trinajstić information content (AvgIpc) is 2.85. The summed E-state index contributed by atoms with van der Waals surface area (Å²) in [7, 11) is -3.48. The van der Waals surface area contributed by atoms with Crippen LogP contribution in [0.5, 0.6) is 0 Å². The zero-order valence-electron chi connectivity index (χ0n) is 10.3. The molecule has 1 N–H and O–H groups in total. The molecule has 0 aliphatic rings. The molecule has 0 amide bonds. The second kappa shape index (κ2) is 6.13. The Hall–Kier alpha value is -0.760. The highest BCUT2D eigenvalue weighted by molar-refractivity contribution is 9.10. The van der Waals surface area contributed by atoms with Crippen LogP contribution in [-0.2, 0) is 23.0 Å². The van der Waals surface area contributed by atoms with Gasteiger partial charge in [0.25, 0.3) is 0 Å². The predicted octanol–water partition coefficient (Wildman–Crippen LogP) is 2.95. The molecule has 7 heteroatoms. The van der Waals surface area contributed by atoms with Gasteiger partial charge >= 0.3 is 0 Å². The Balaban J connectivity index is 2.07. The van der Waals surface area contributed by atoms with Crippen LogP contribution in [-0.4, -0.2) is 13.4 Å². The van der Waals surface area contributed by atoms with Gasteiger partial charge in [0.2, 0.25) is 10.0 Å². The molecule has 1 aromatic heterocycles. The number of aryl methyl sites for hydroxylation is 1. The van der Waals surface area contributed by atoms with Crippen molar-refractivity contribution in [2.45, 2.75) is 24.8 Å². The summed E-state index contributed by atoms with van der Waals surface area (Å²) in [5.74, 6) is 0. The standard InChI is InChI=1S/C12H13BrN2O2S2/c1-2-10-7-14-12(18-10)8-15-19(16,17)11-5-3-9(13)4-6-11/h3-7,15H,2,8H2,1H3. The number of hydrogen-bond acceptors (Lipinski definition) is 4. The van der Waals surface area contributed by atoms with Gasteiger partial charge in [0.05, 0.1) is 11.4 Å². The first-order chi connectivity index (χ1) is 9.01. The first-order valence-electron chi connectivity index (χ1n) is 5.70. The van der Waals surface area contributed by atoms with E-state index >= 15 is 0 Å². The van der Waals surface area contributed by atoms with Crippen LogP contribution in [0.1, 0.15) is 16.8 Å². The number of thiazole rings is 1. The first kappa shape index (κ1) is 14.6. The van der Waals surface area contributed by atoms with Crippen LogP contribution in [0.2, 0.25) is 0 Å². The monoisotopic (exact) mass is 360 g/mol. The average molecular weight is 361 g/mol. The van der Waals surface area contributed by atoms with Gasteiger partial charge in [-0.3, -0.25) is 0 Å². The van der Waals surface area contributed by atoms with Gasteiger partial charge in [-0.2, -0.15) is 0 Å². The molecule has 0 fully saturated rings. The zero-order chi connectivity index (χ0) is 13.9. The number of nitrogens with one attached hydrogen (secondary N) is 1. The Kier molecular flexibility index (Phi) is 4.72. The third-order valence-electron chi connectivity index (χ3n) is 2.49. The smallest absolute Gasteiger partial charge is 0.240 e. The van der Waals surface area contributed by atoms with Gasteiger partial charge < -0.3 is 0 Å². The normalized spacial score (nSPS) is 11.7. The fourth-order valence-electron chi connectivity index (χ4n) is 1.45. The maximum atomic E-state index is 12.0. The molecule has 0 saturated carbocycles. The summed E-state index contributed by atoms with van der Waals surface area (Å²) in [6.07, 6.45) is 2.70. The molecule has 4 nitrogen and oxygen atoms in total. The van der Waals surface area contributed by atoms with Gasteiger partial charge in [-0.05, 0) is 30.7 Å². The van der Waals surface area contributed by atoms with Crippen LogP contribution in [0.4, 0.5) is 0 Å². The van der Waals surface area contributed by atoms with Gasteiger partial charge in [0.15, 0.2) is 0 Å². The van der Waals surface area contributed by atoms with Crippen LogP contribution >= 0.6 is 27.3 Å². The molecule has 0 aliphatic carbocycles. The van der Waals surface area contributed by atoms with Crippen LogP contribution in [0, 0.1) is 0 Å². The van der Waals surface area contributed by atoms with Crippen molar-refractivity contribution in [3.8, 4) is 0 Å².